The quantitative estimate of drug-likeness (QED) is 0.848. The van der Waals surface area contributed by atoms with Crippen molar-refractivity contribution in [3.8, 4) is 5.75 Å². The molecule has 3 heteroatoms. The highest BCUT2D eigenvalue weighted by Crippen LogP contribution is 2.28. The molecular weight excluding hydrogens is 274 g/mol. The molecule has 0 fully saturated rings. The van der Waals surface area contributed by atoms with Crippen molar-refractivity contribution < 1.29 is 9.84 Å². The Hall–Kier alpha value is -1.84. The van der Waals surface area contributed by atoms with Crippen molar-refractivity contribution in [2.75, 3.05) is 20.7 Å². The summed E-state index contributed by atoms with van der Waals surface area (Å²) in [6.07, 6.45) is 0.734. The number of ether oxygens (including phenoxy) is 1. The minimum absolute atomic E-state index is 0.189. The van der Waals surface area contributed by atoms with Gasteiger partial charge in [-0.3, -0.25) is 0 Å². The van der Waals surface area contributed by atoms with E-state index in [1.807, 2.05) is 38.4 Å². The van der Waals surface area contributed by atoms with Crippen molar-refractivity contribution in [1.82, 2.24) is 4.90 Å². The van der Waals surface area contributed by atoms with Crippen LogP contribution in [0.1, 0.15) is 29.2 Å². The maximum Gasteiger partial charge on any atom is 0.120 e. The van der Waals surface area contributed by atoms with E-state index in [9.17, 15) is 5.11 Å². The van der Waals surface area contributed by atoms with Crippen LogP contribution >= 0.6 is 0 Å². The van der Waals surface area contributed by atoms with Gasteiger partial charge in [-0.2, -0.15) is 0 Å². The van der Waals surface area contributed by atoms with Gasteiger partial charge >= 0.3 is 0 Å². The van der Waals surface area contributed by atoms with Gasteiger partial charge in [-0.05, 0) is 56.3 Å². The second-order valence-electron chi connectivity index (χ2n) is 5.78. The maximum absolute atomic E-state index is 9.25. The lowest BCUT2D eigenvalue weighted by atomic mass is 9.98. The number of aryl methyl sites for hydroxylation is 1. The molecule has 2 aromatic carbocycles. The van der Waals surface area contributed by atoms with Gasteiger partial charge < -0.3 is 14.7 Å². The SMILES string of the molecule is Cc1cc(OCc2ccccc2)ccc1C(CCO)N(C)C. The van der Waals surface area contributed by atoms with Gasteiger partial charge in [0.15, 0.2) is 0 Å². The third-order valence-electron chi connectivity index (χ3n) is 3.87. The molecule has 0 bridgehead atoms. The second-order valence-corrected chi connectivity index (χ2v) is 5.78. The first-order valence-electron chi connectivity index (χ1n) is 7.66. The van der Waals surface area contributed by atoms with Gasteiger partial charge in [0.1, 0.15) is 12.4 Å². The first kappa shape index (κ1) is 16.5. The second kappa shape index (κ2) is 7.97. The normalized spacial score (nSPS) is 12.4. The molecule has 0 heterocycles. The lowest BCUT2D eigenvalue weighted by Crippen LogP contribution is -2.21. The van der Waals surface area contributed by atoms with E-state index in [-0.39, 0.29) is 12.6 Å². The molecule has 0 aromatic heterocycles. The molecule has 1 N–H and O–H groups in total. The highest BCUT2D eigenvalue weighted by Gasteiger charge is 2.16. The Morgan fingerprint density at radius 2 is 1.82 bits per heavy atom. The van der Waals surface area contributed by atoms with Gasteiger partial charge in [0, 0.05) is 12.6 Å². The van der Waals surface area contributed by atoms with Crippen LogP contribution in [0.15, 0.2) is 48.5 Å². The standard InChI is InChI=1S/C19H25NO2/c1-15-13-17(22-14-16-7-5-4-6-8-16)9-10-18(15)19(11-12-21)20(2)3/h4-10,13,19,21H,11-12,14H2,1-3H3. The zero-order chi connectivity index (χ0) is 15.9. The highest BCUT2D eigenvalue weighted by atomic mass is 16.5. The molecule has 0 radical (unpaired) electrons. The van der Waals surface area contributed by atoms with Gasteiger partial charge in [-0.25, -0.2) is 0 Å². The molecule has 0 saturated heterocycles. The summed E-state index contributed by atoms with van der Waals surface area (Å²) in [6, 6.07) is 16.6. The summed E-state index contributed by atoms with van der Waals surface area (Å²) in [5.41, 5.74) is 3.60. The fraction of sp³-hybridized carbons (Fsp3) is 0.368. The Balaban J connectivity index is 2.08. The van der Waals surface area contributed by atoms with Crippen LogP contribution < -0.4 is 4.74 Å². The Kier molecular flexibility index (Phi) is 5.99. The Morgan fingerprint density at radius 1 is 1.09 bits per heavy atom. The molecule has 0 aliphatic heterocycles. The zero-order valence-corrected chi connectivity index (χ0v) is 13.6. The van der Waals surface area contributed by atoms with Crippen LogP contribution in [0.5, 0.6) is 5.75 Å². The van der Waals surface area contributed by atoms with Crippen LogP contribution in [0.25, 0.3) is 0 Å². The van der Waals surface area contributed by atoms with Gasteiger partial charge in [0.05, 0.1) is 0 Å². The number of benzene rings is 2. The number of rotatable bonds is 7. The largest absolute Gasteiger partial charge is 0.489 e. The van der Waals surface area contributed by atoms with E-state index in [1.54, 1.807) is 0 Å². The molecule has 3 nitrogen and oxygen atoms in total. The molecule has 1 unspecified atom stereocenters. The van der Waals surface area contributed by atoms with E-state index in [0.29, 0.717) is 6.61 Å². The molecule has 0 spiro atoms. The number of hydrogen-bond acceptors (Lipinski definition) is 3. The summed E-state index contributed by atoms with van der Waals surface area (Å²) in [5, 5.41) is 9.25. The van der Waals surface area contributed by atoms with Crippen molar-refractivity contribution in [3.05, 3.63) is 65.2 Å². The predicted molar refractivity (Wildman–Crippen MR) is 90.1 cm³/mol. The summed E-state index contributed by atoms with van der Waals surface area (Å²) in [4.78, 5) is 2.14. The van der Waals surface area contributed by atoms with Crippen LogP contribution in [0.4, 0.5) is 0 Å². The minimum atomic E-state index is 0.189. The number of aliphatic hydroxyl groups is 1. The van der Waals surface area contributed by atoms with E-state index in [2.05, 4.69) is 36.1 Å². The smallest absolute Gasteiger partial charge is 0.120 e. The summed E-state index contributed by atoms with van der Waals surface area (Å²) in [7, 11) is 4.08. The van der Waals surface area contributed by atoms with Crippen LogP contribution in [0, 0.1) is 6.92 Å². The van der Waals surface area contributed by atoms with Crippen LogP contribution in [-0.4, -0.2) is 30.7 Å². The molecule has 0 aliphatic rings. The first-order chi connectivity index (χ1) is 10.6. The van der Waals surface area contributed by atoms with E-state index < -0.39 is 0 Å². The molecule has 0 saturated carbocycles. The van der Waals surface area contributed by atoms with Crippen molar-refractivity contribution in [2.24, 2.45) is 0 Å². The predicted octanol–water partition coefficient (Wildman–Crippen LogP) is 3.56. The highest BCUT2D eigenvalue weighted by molar-refractivity contribution is 5.37. The number of aliphatic hydroxyl groups excluding tert-OH is 1. The minimum Gasteiger partial charge on any atom is -0.489 e. The van der Waals surface area contributed by atoms with Gasteiger partial charge in [-0.1, -0.05) is 36.4 Å². The van der Waals surface area contributed by atoms with Crippen LogP contribution in [0.3, 0.4) is 0 Å². The fourth-order valence-electron chi connectivity index (χ4n) is 2.67. The van der Waals surface area contributed by atoms with Crippen LogP contribution in [0.2, 0.25) is 0 Å². The van der Waals surface area contributed by atoms with Crippen LogP contribution in [-0.2, 0) is 6.61 Å². The maximum atomic E-state index is 9.25. The first-order valence-corrected chi connectivity index (χ1v) is 7.66. The molecule has 2 rings (SSSR count). The fourth-order valence-corrected chi connectivity index (χ4v) is 2.67. The third kappa shape index (κ3) is 4.33. The van der Waals surface area contributed by atoms with Crippen molar-refractivity contribution in [2.45, 2.75) is 26.0 Å². The van der Waals surface area contributed by atoms with Crippen molar-refractivity contribution in [3.63, 3.8) is 0 Å². The molecular formula is C19H25NO2. The molecule has 0 amide bonds. The summed E-state index contributed by atoms with van der Waals surface area (Å²) < 4.78 is 5.87. The summed E-state index contributed by atoms with van der Waals surface area (Å²) in [5.74, 6) is 0.881. The molecule has 2 aromatic rings. The average molecular weight is 299 g/mol. The lowest BCUT2D eigenvalue weighted by Gasteiger charge is -2.26. The van der Waals surface area contributed by atoms with E-state index >= 15 is 0 Å². The van der Waals surface area contributed by atoms with E-state index in [0.717, 1.165) is 17.7 Å². The van der Waals surface area contributed by atoms with Gasteiger partial charge in [0.25, 0.3) is 0 Å². The summed E-state index contributed by atoms with van der Waals surface area (Å²) >= 11 is 0. The van der Waals surface area contributed by atoms with Crippen molar-refractivity contribution >= 4 is 0 Å². The Morgan fingerprint density at radius 3 is 2.41 bits per heavy atom. The van der Waals surface area contributed by atoms with Gasteiger partial charge in [0.2, 0.25) is 0 Å². The van der Waals surface area contributed by atoms with E-state index in [4.69, 9.17) is 4.74 Å². The average Bonchev–Trinajstić information content (AvgIpc) is 2.52. The number of nitrogens with zero attached hydrogens (tertiary/aromatic N) is 1. The molecule has 118 valence electrons. The molecule has 0 aliphatic carbocycles. The monoisotopic (exact) mass is 299 g/mol. The van der Waals surface area contributed by atoms with E-state index in [1.165, 1.54) is 11.1 Å². The molecule has 22 heavy (non-hydrogen) atoms. The van der Waals surface area contributed by atoms with Crippen molar-refractivity contribution in [1.29, 1.82) is 0 Å². The Labute approximate surface area is 133 Å². The number of hydrogen-bond donors (Lipinski definition) is 1. The Bertz CT molecular complexity index is 581. The topological polar surface area (TPSA) is 32.7 Å². The lowest BCUT2D eigenvalue weighted by molar-refractivity contribution is 0.210. The molecule has 1 atom stereocenters. The third-order valence-corrected chi connectivity index (χ3v) is 3.87. The summed E-state index contributed by atoms with van der Waals surface area (Å²) in [6.45, 7) is 2.86. The zero-order valence-electron chi connectivity index (χ0n) is 13.6. The van der Waals surface area contributed by atoms with Gasteiger partial charge in [-0.15, -0.1) is 0 Å².